The normalized spacial score (nSPS) is 13.2. The molecule has 0 rings (SSSR count). The fourth-order valence-electron chi connectivity index (χ4n) is 6.48. The van der Waals surface area contributed by atoms with Crippen LogP contribution in [0.5, 0.6) is 0 Å². The molecule has 0 saturated heterocycles. The van der Waals surface area contributed by atoms with Crippen molar-refractivity contribution >= 4 is 17.2 Å². The zero-order chi connectivity index (χ0) is 26.7. The second kappa shape index (κ2) is 26.0. The van der Waals surface area contributed by atoms with Gasteiger partial charge in [-0.05, 0) is 0 Å². The summed E-state index contributed by atoms with van der Waals surface area (Å²) in [5.41, 5.74) is 0. The number of unbranched alkanes of at least 4 members (excludes halogenated alkanes) is 22. The van der Waals surface area contributed by atoms with Crippen molar-refractivity contribution in [2.24, 2.45) is 0 Å². The summed E-state index contributed by atoms with van der Waals surface area (Å²) in [5, 5.41) is 0. The fourth-order valence-corrected chi connectivity index (χ4v) is 13.8. The quantitative estimate of drug-likeness (QED) is 0.0620. The SMILES string of the molecule is CCCCCCCCCCCCCCP(Cl)(CCC)(CCC)CCCCCCCCCCCCCC. The van der Waals surface area contributed by atoms with E-state index in [1.165, 1.54) is 192 Å². The van der Waals surface area contributed by atoms with E-state index in [9.17, 15) is 0 Å². The van der Waals surface area contributed by atoms with E-state index < -0.39 is 5.96 Å². The summed E-state index contributed by atoms with van der Waals surface area (Å²) >= 11 is 7.80. The average molecular weight is 547 g/mol. The van der Waals surface area contributed by atoms with E-state index in [0.29, 0.717) is 0 Å². The van der Waals surface area contributed by atoms with Crippen molar-refractivity contribution in [3.8, 4) is 0 Å². The number of hydrogen-bond donors (Lipinski definition) is 0. The summed E-state index contributed by atoms with van der Waals surface area (Å²) in [4.78, 5) is 0. The Morgan fingerprint density at radius 1 is 0.278 bits per heavy atom. The molecule has 0 N–H and O–H groups in total. The van der Waals surface area contributed by atoms with Crippen molar-refractivity contribution in [3.63, 3.8) is 0 Å². The Morgan fingerprint density at radius 2 is 0.500 bits per heavy atom. The Bertz CT molecular complexity index is 397. The number of halogens is 1. The predicted octanol–water partition coefficient (Wildman–Crippen LogP) is 13.9. The molecule has 0 radical (unpaired) electrons. The van der Waals surface area contributed by atoms with Gasteiger partial charge in [0.15, 0.2) is 0 Å². The van der Waals surface area contributed by atoms with Crippen LogP contribution in [0.25, 0.3) is 0 Å². The summed E-state index contributed by atoms with van der Waals surface area (Å²) in [6.45, 7) is 9.37. The topological polar surface area (TPSA) is 0 Å². The summed E-state index contributed by atoms with van der Waals surface area (Å²) in [6, 6.07) is 0. The van der Waals surface area contributed by atoms with Crippen molar-refractivity contribution in [3.05, 3.63) is 0 Å². The van der Waals surface area contributed by atoms with Crippen LogP contribution in [0, 0.1) is 0 Å². The van der Waals surface area contributed by atoms with Crippen LogP contribution in [-0.2, 0) is 0 Å². The van der Waals surface area contributed by atoms with Crippen LogP contribution in [0.2, 0.25) is 0 Å². The third kappa shape index (κ3) is 21.6. The minimum Gasteiger partial charge on any atom is -0.0654 e. The van der Waals surface area contributed by atoms with Crippen LogP contribution >= 0.6 is 17.2 Å². The summed E-state index contributed by atoms with van der Waals surface area (Å²) in [5.74, 6) is -2.01. The van der Waals surface area contributed by atoms with Crippen molar-refractivity contribution in [2.75, 3.05) is 24.6 Å². The van der Waals surface area contributed by atoms with E-state index in [1.807, 2.05) is 0 Å². The molecule has 0 fully saturated rings. The van der Waals surface area contributed by atoms with Gasteiger partial charge in [0.2, 0.25) is 0 Å². The predicted molar refractivity (Wildman–Crippen MR) is 175 cm³/mol. The van der Waals surface area contributed by atoms with Gasteiger partial charge in [-0.2, -0.15) is 0 Å². The van der Waals surface area contributed by atoms with Gasteiger partial charge in [0, 0.05) is 0 Å². The summed E-state index contributed by atoms with van der Waals surface area (Å²) in [6.07, 6.45) is 42.6. The third-order valence-electron chi connectivity index (χ3n) is 8.71. The molecule has 2 heteroatoms. The Kier molecular flexibility index (Phi) is 26.5. The molecule has 36 heavy (non-hydrogen) atoms. The zero-order valence-electron chi connectivity index (χ0n) is 26.0. The van der Waals surface area contributed by atoms with Crippen molar-refractivity contribution in [1.29, 1.82) is 0 Å². The monoisotopic (exact) mass is 547 g/mol. The average Bonchev–Trinajstić information content (AvgIpc) is 2.86. The van der Waals surface area contributed by atoms with Crippen LogP contribution in [0.1, 0.15) is 195 Å². The molecule has 0 aromatic rings. The fraction of sp³-hybridized carbons (Fsp3) is 1.00. The Hall–Kier alpha value is 0.720. The van der Waals surface area contributed by atoms with Gasteiger partial charge >= 0.3 is 210 Å². The molecule has 0 aliphatic heterocycles. The molecule has 0 aromatic heterocycles. The van der Waals surface area contributed by atoms with Gasteiger partial charge in [0.1, 0.15) is 0 Å². The van der Waals surface area contributed by atoms with Crippen LogP contribution in [0.4, 0.5) is 0 Å². The minimum absolute atomic E-state index is 1.29. The molecule has 0 heterocycles. The molecule has 0 unspecified atom stereocenters. The first kappa shape index (κ1) is 36.7. The Labute approximate surface area is 236 Å². The van der Waals surface area contributed by atoms with E-state index in [-0.39, 0.29) is 0 Å². The second-order valence-electron chi connectivity index (χ2n) is 12.5. The van der Waals surface area contributed by atoms with Gasteiger partial charge < -0.3 is 0 Å². The van der Waals surface area contributed by atoms with E-state index in [1.54, 1.807) is 0 Å². The molecule has 0 bridgehead atoms. The van der Waals surface area contributed by atoms with Gasteiger partial charge in [0.25, 0.3) is 0 Å². The minimum atomic E-state index is -2.01. The molecule has 0 aliphatic carbocycles. The van der Waals surface area contributed by atoms with Crippen LogP contribution in [0.15, 0.2) is 0 Å². The maximum absolute atomic E-state index is 7.80. The summed E-state index contributed by atoms with van der Waals surface area (Å²) in [7, 11) is 0. The Balaban J connectivity index is 4.03. The molecule has 0 nitrogen and oxygen atoms in total. The van der Waals surface area contributed by atoms with E-state index in [4.69, 9.17) is 11.2 Å². The molecular formula is C34H72ClP. The maximum atomic E-state index is 7.80. The first-order valence-corrected chi connectivity index (χ1v) is 21.1. The van der Waals surface area contributed by atoms with Crippen molar-refractivity contribution in [2.45, 2.75) is 195 Å². The Morgan fingerprint density at radius 3 is 0.722 bits per heavy atom. The molecule has 0 spiro atoms. The molecule has 0 aliphatic rings. The van der Waals surface area contributed by atoms with Gasteiger partial charge in [-0.3, -0.25) is 0 Å². The standard InChI is InChI=1S/C34H72ClP/c1-5-9-11-13-15-17-19-21-23-25-27-29-33-36(35,31-7-3,32-8-4)34-30-28-26-24-22-20-18-16-14-12-10-6-2/h5-34H2,1-4H3. The molecule has 0 amide bonds. The van der Waals surface area contributed by atoms with E-state index in [2.05, 4.69) is 27.7 Å². The number of rotatable bonds is 30. The molecule has 220 valence electrons. The van der Waals surface area contributed by atoms with Gasteiger partial charge in [-0.15, -0.1) is 0 Å². The number of hydrogen-bond acceptors (Lipinski definition) is 0. The molecule has 0 saturated carbocycles. The van der Waals surface area contributed by atoms with E-state index >= 15 is 0 Å². The molecular weight excluding hydrogens is 475 g/mol. The van der Waals surface area contributed by atoms with Crippen molar-refractivity contribution < 1.29 is 0 Å². The zero-order valence-corrected chi connectivity index (χ0v) is 27.7. The smallest absolute Gasteiger partial charge is 0.0654 e. The van der Waals surface area contributed by atoms with Gasteiger partial charge in [-0.25, -0.2) is 0 Å². The molecule has 0 atom stereocenters. The van der Waals surface area contributed by atoms with E-state index in [0.717, 1.165) is 0 Å². The second-order valence-corrected chi connectivity index (χ2v) is 20.8. The van der Waals surface area contributed by atoms with Crippen LogP contribution in [0.3, 0.4) is 0 Å². The van der Waals surface area contributed by atoms with Gasteiger partial charge in [0.05, 0.1) is 0 Å². The van der Waals surface area contributed by atoms with Crippen molar-refractivity contribution in [1.82, 2.24) is 0 Å². The van der Waals surface area contributed by atoms with Crippen LogP contribution in [-0.4, -0.2) is 24.6 Å². The summed E-state index contributed by atoms with van der Waals surface area (Å²) < 4.78 is 0. The van der Waals surface area contributed by atoms with Gasteiger partial charge in [-0.1, -0.05) is 26.7 Å². The first-order chi connectivity index (χ1) is 17.5. The third-order valence-corrected chi connectivity index (χ3v) is 16.7. The first-order valence-electron chi connectivity index (χ1n) is 17.3. The van der Waals surface area contributed by atoms with Crippen LogP contribution < -0.4 is 0 Å². The molecule has 0 aromatic carbocycles.